The molecule has 1 atom stereocenters. The highest BCUT2D eigenvalue weighted by Crippen LogP contribution is 2.18. The average molecular weight is 327 g/mol. The van der Waals surface area contributed by atoms with Crippen LogP contribution in [0.4, 0.5) is 4.39 Å². The van der Waals surface area contributed by atoms with Crippen molar-refractivity contribution in [3.05, 3.63) is 35.6 Å². The number of nitrogens with one attached hydrogen (secondary N) is 1. The van der Waals surface area contributed by atoms with Gasteiger partial charge >= 0.3 is 0 Å². The molecule has 1 fully saturated rings. The Bertz CT molecular complexity index is 624. The van der Waals surface area contributed by atoms with Crippen LogP contribution in [-0.4, -0.2) is 25.6 Å². The van der Waals surface area contributed by atoms with E-state index in [2.05, 4.69) is 5.32 Å². The van der Waals surface area contributed by atoms with E-state index in [1.54, 1.807) is 6.07 Å². The van der Waals surface area contributed by atoms with Gasteiger partial charge in [0, 0.05) is 6.04 Å². The lowest BCUT2D eigenvalue weighted by Gasteiger charge is -2.24. The Kier molecular flexibility index (Phi) is 5.56. The van der Waals surface area contributed by atoms with E-state index in [4.69, 9.17) is 0 Å². The van der Waals surface area contributed by atoms with Gasteiger partial charge in [0.05, 0.1) is 5.75 Å². The third-order valence-corrected chi connectivity index (χ3v) is 6.14. The molecule has 1 amide bonds. The van der Waals surface area contributed by atoms with E-state index in [-0.39, 0.29) is 11.8 Å². The minimum absolute atomic E-state index is 0.0769. The summed E-state index contributed by atoms with van der Waals surface area (Å²) in [6.45, 7) is 1.40. The van der Waals surface area contributed by atoms with Crippen LogP contribution in [0.15, 0.2) is 24.3 Å². The van der Waals surface area contributed by atoms with Gasteiger partial charge in [0.1, 0.15) is 11.1 Å². The van der Waals surface area contributed by atoms with Gasteiger partial charge in [0.15, 0.2) is 9.84 Å². The summed E-state index contributed by atoms with van der Waals surface area (Å²) in [5.74, 6) is -1.26. The zero-order valence-electron chi connectivity index (χ0n) is 12.7. The molecule has 0 spiro atoms. The summed E-state index contributed by atoms with van der Waals surface area (Å²) in [7, 11) is -3.66. The van der Waals surface area contributed by atoms with Crippen LogP contribution in [0.5, 0.6) is 0 Å². The summed E-state index contributed by atoms with van der Waals surface area (Å²) >= 11 is 0. The molecule has 0 radical (unpaired) electrons. The number of halogens is 1. The highest BCUT2D eigenvalue weighted by atomic mass is 32.2. The van der Waals surface area contributed by atoms with Crippen LogP contribution < -0.4 is 5.32 Å². The third kappa shape index (κ3) is 4.53. The Morgan fingerprint density at radius 1 is 1.32 bits per heavy atom. The number of hydrogen-bond donors (Lipinski definition) is 1. The number of hydrogen-bond acceptors (Lipinski definition) is 3. The van der Waals surface area contributed by atoms with Gasteiger partial charge in [-0.25, -0.2) is 12.8 Å². The lowest BCUT2D eigenvalue weighted by molar-refractivity contribution is -0.121. The first-order chi connectivity index (χ1) is 10.4. The van der Waals surface area contributed by atoms with Crippen molar-refractivity contribution in [2.45, 2.75) is 56.1 Å². The maximum absolute atomic E-state index is 13.1. The molecule has 1 saturated carbocycles. The summed E-state index contributed by atoms with van der Waals surface area (Å²) < 4.78 is 37.8. The second-order valence-electron chi connectivity index (χ2n) is 5.92. The van der Waals surface area contributed by atoms with Gasteiger partial charge in [-0.3, -0.25) is 4.79 Å². The van der Waals surface area contributed by atoms with Gasteiger partial charge in [-0.05, 0) is 37.5 Å². The molecule has 122 valence electrons. The van der Waals surface area contributed by atoms with Gasteiger partial charge in [0.2, 0.25) is 5.91 Å². The van der Waals surface area contributed by atoms with Crippen molar-refractivity contribution in [2.75, 3.05) is 0 Å². The molecule has 6 heteroatoms. The van der Waals surface area contributed by atoms with Gasteiger partial charge in [-0.2, -0.15) is 0 Å². The van der Waals surface area contributed by atoms with E-state index >= 15 is 0 Å². The molecular weight excluding hydrogens is 305 g/mol. The monoisotopic (exact) mass is 327 g/mol. The van der Waals surface area contributed by atoms with Crippen molar-refractivity contribution in [1.29, 1.82) is 0 Å². The van der Waals surface area contributed by atoms with Crippen molar-refractivity contribution in [2.24, 2.45) is 0 Å². The Morgan fingerprint density at radius 3 is 2.64 bits per heavy atom. The second-order valence-corrected chi connectivity index (χ2v) is 8.24. The van der Waals surface area contributed by atoms with Crippen molar-refractivity contribution in [1.82, 2.24) is 5.32 Å². The summed E-state index contributed by atoms with van der Waals surface area (Å²) in [5.41, 5.74) is 0.359. The lowest BCUT2D eigenvalue weighted by Crippen LogP contribution is -2.44. The van der Waals surface area contributed by atoms with Crippen molar-refractivity contribution in [3.63, 3.8) is 0 Å². The molecule has 22 heavy (non-hydrogen) atoms. The molecule has 1 N–H and O–H groups in total. The molecule has 0 aromatic heterocycles. The van der Waals surface area contributed by atoms with Crippen LogP contribution in [0, 0.1) is 5.82 Å². The van der Waals surface area contributed by atoms with Crippen molar-refractivity contribution >= 4 is 15.7 Å². The first-order valence-electron chi connectivity index (χ1n) is 7.65. The van der Waals surface area contributed by atoms with E-state index in [1.807, 2.05) is 0 Å². The topological polar surface area (TPSA) is 63.2 Å². The molecule has 1 aromatic rings. The van der Waals surface area contributed by atoms with Crippen LogP contribution in [0.2, 0.25) is 0 Å². The number of sulfone groups is 1. The van der Waals surface area contributed by atoms with Crippen LogP contribution in [0.3, 0.4) is 0 Å². The normalized spacial score (nSPS) is 17.9. The zero-order chi connectivity index (χ0) is 16.2. The van der Waals surface area contributed by atoms with E-state index < -0.39 is 26.8 Å². The molecule has 1 aromatic carbocycles. The van der Waals surface area contributed by atoms with Gasteiger partial charge in [0.25, 0.3) is 0 Å². The van der Waals surface area contributed by atoms with E-state index in [1.165, 1.54) is 31.5 Å². The quantitative estimate of drug-likeness (QED) is 0.904. The van der Waals surface area contributed by atoms with Crippen LogP contribution in [0.1, 0.15) is 44.6 Å². The Hall–Kier alpha value is -1.43. The summed E-state index contributed by atoms with van der Waals surface area (Å²) in [6, 6.07) is 5.53. The van der Waals surface area contributed by atoms with Crippen molar-refractivity contribution in [3.8, 4) is 0 Å². The summed E-state index contributed by atoms with van der Waals surface area (Å²) in [5, 5.41) is 1.70. The van der Waals surface area contributed by atoms with Crippen LogP contribution in [0.25, 0.3) is 0 Å². The van der Waals surface area contributed by atoms with Gasteiger partial charge in [-0.15, -0.1) is 0 Å². The SMILES string of the molecule is C[C@H](C(=O)NC1CCCCC1)S(=O)(=O)Cc1cccc(F)c1. The largest absolute Gasteiger partial charge is 0.352 e. The number of carbonyl (C=O) groups is 1. The molecule has 0 bridgehead atoms. The summed E-state index contributed by atoms with van der Waals surface area (Å²) in [6.07, 6.45) is 5.11. The Balaban J connectivity index is 1.99. The molecular formula is C16H22FNO3S. The molecule has 0 saturated heterocycles. The fourth-order valence-corrected chi connectivity index (χ4v) is 4.00. The molecule has 0 aliphatic heterocycles. The van der Waals surface area contributed by atoms with E-state index in [0.717, 1.165) is 25.7 Å². The fourth-order valence-electron chi connectivity index (χ4n) is 2.71. The first kappa shape index (κ1) is 16.9. The molecule has 1 aliphatic carbocycles. The maximum Gasteiger partial charge on any atom is 0.238 e. The highest BCUT2D eigenvalue weighted by molar-refractivity contribution is 7.92. The predicted molar refractivity (Wildman–Crippen MR) is 83.5 cm³/mol. The maximum atomic E-state index is 13.1. The molecule has 1 aliphatic rings. The molecule has 0 unspecified atom stereocenters. The number of amides is 1. The van der Waals surface area contributed by atoms with Crippen LogP contribution >= 0.6 is 0 Å². The predicted octanol–water partition coefficient (Wildman–Crippen LogP) is 2.58. The average Bonchev–Trinajstić information content (AvgIpc) is 2.47. The molecule has 2 rings (SSSR count). The molecule has 0 heterocycles. The first-order valence-corrected chi connectivity index (χ1v) is 9.36. The Morgan fingerprint density at radius 2 is 2.00 bits per heavy atom. The standard InChI is InChI=1S/C16H22FNO3S/c1-12(16(19)18-15-8-3-2-4-9-15)22(20,21)11-13-6-5-7-14(17)10-13/h5-7,10,12,15H,2-4,8-9,11H2,1H3,(H,18,19)/t12-/m1/s1. The third-order valence-electron chi connectivity index (χ3n) is 4.12. The fraction of sp³-hybridized carbons (Fsp3) is 0.562. The molecule has 4 nitrogen and oxygen atoms in total. The number of benzene rings is 1. The van der Waals surface area contributed by atoms with Crippen LogP contribution in [-0.2, 0) is 20.4 Å². The lowest BCUT2D eigenvalue weighted by atomic mass is 9.95. The smallest absolute Gasteiger partial charge is 0.238 e. The van der Waals surface area contributed by atoms with Gasteiger partial charge in [-0.1, -0.05) is 31.4 Å². The van der Waals surface area contributed by atoms with E-state index in [0.29, 0.717) is 5.56 Å². The summed E-state index contributed by atoms with van der Waals surface area (Å²) in [4.78, 5) is 12.2. The van der Waals surface area contributed by atoms with Crippen molar-refractivity contribution < 1.29 is 17.6 Å². The minimum Gasteiger partial charge on any atom is -0.352 e. The second kappa shape index (κ2) is 7.22. The Labute approximate surface area is 131 Å². The van der Waals surface area contributed by atoms with Gasteiger partial charge < -0.3 is 5.32 Å². The van der Waals surface area contributed by atoms with E-state index in [9.17, 15) is 17.6 Å². The minimum atomic E-state index is -3.66. The number of carbonyl (C=O) groups excluding carboxylic acids is 1. The number of rotatable bonds is 5. The zero-order valence-corrected chi connectivity index (χ0v) is 13.5. The highest BCUT2D eigenvalue weighted by Gasteiger charge is 2.29.